The van der Waals surface area contributed by atoms with E-state index in [0.29, 0.717) is 5.52 Å². The van der Waals surface area contributed by atoms with E-state index in [1.165, 1.54) is 12.3 Å². The van der Waals surface area contributed by atoms with Crippen molar-refractivity contribution >= 4 is 46.1 Å². The smallest absolute Gasteiger partial charge is 0.328 e. The summed E-state index contributed by atoms with van der Waals surface area (Å²) in [4.78, 5) is 60.6. The van der Waals surface area contributed by atoms with E-state index in [0.717, 1.165) is 18.9 Å². The van der Waals surface area contributed by atoms with Crippen molar-refractivity contribution in [2.24, 2.45) is 5.92 Å². The Morgan fingerprint density at radius 2 is 1.74 bits per heavy atom. The molecule has 1 saturated carbocycles. The third kappa shape index (κ3) is 2.80. The van der Waals surface area contributed by atoms with Gasteiger partial charge < -0.3 is 4.57 Å². The number of amides is 4. The second kappa shape index (κ2) is 5.98. The van der Waals surface area contributed by atoms with Gasteiger partial charge in [0.1, 0.15) is 5.82 Å². The molecule has 1 aromatic carbocycles. The zero-order chi connectivity index (χ0) is 19.5. The fraction of sp³-hybridized carbons (Fsp3) is 0.235. The predicted molar refractivity (Wildman–Crippen MR) is 90.9 cm³/mol. The number of fused-ring (bicyclic) bond motifs is 1. The van der Waals surface area contributed by atoms with Gasteiger partial charge in [-0.3, -0.25) is 29.8 Å². The van der Waals surface area contributed by atoms with Crippen molar-refractivity contribution in [3.8, 4) is 0 Å². The highest BCUT2D eigenvalue weighted by Crippen LogP contribution is 2.37. The van der Waals surface area contributed by atoms with E-state index in [4.69, 9.17) is 11.6 Å². The van der Waals surface area contributed by atoms with Gasteiger partial charge in [-0.15, -0.1) is 0 Å². The zero-order valence-corrected chi connectivity index (χ0v) is 14.3. The number of rotatable bonds is 3. The lowest BCUT2D eigenvalue weighted by atomic mass is 9.94. The van der Waals surface area contributed by atoms with Crippen LogP contribution in [0.4, 0.5) is 9.18 Å². The molecule has 10 heteroatoms. The number of imide groups is 2. The largest absolute Gasteiger partial charge is 0.343 e. The topological polar surface area (TPSA) is 114 Å². The molecule has 2 aromatic rings. The van der Waals surface area contributed by atoms with Gasteiger partial charge >= 0.3 is 6.03 Å². The summed E-state index contributed by atoms with van der Waals surface area (Å²) in [6.45, 7) is 0. The highest BCUT2D eigenvalue weighted by Gasteiger charge is 2.41. The summed E-state index contributed by atoms with van der Waals surface area (Å²) in [5, 5.41) is 3.38. The summed E-state index contributed by atoms with van der Waals surface area (Å²) in [6.07, 6.45) is 2.84. The van der Waals surface area contributed by atoms with Crippen molar-refractivity contribution < 1.29 is 23.6 Å². The van der Waals surface area contributed by atoms with E-state index >= 15 is 0 Å². The van der Waals surface area contributed by atoms with Crippen molar-refractivity contribution in [3.05, 3.63) is 45.0 Å². The Morgan fingerprint density at radius 1 is 1.11 bits per heavy atom. The van der Waals surface area contributed by atoms with Crippen LogP contribution in [0, 0.1) is 11.7 Å². The van der Waals surface area contributed by atoms with Gasteiger partial charge in [-0.1, -0.05) is 11.6 Å². The summed E-state index contributed by atoms with van der Waals surface area (Å²) in [6, 6.07) is 1.19. The SMILES string of the molecule is O=C1NC(=O)C(C(=O)c2cn(C3CC3)c3cc(Cl)c(F)cc3c2=O)C(=O)N1. The predicted octanol–water partition coefficient (Wildman–Crippen LogP) is 1.29. The number of benzene rings is 1. The maximum Gasteiger partial charge on any atom is 0.328 e. The van der Waals surface area contributed by atoms with Gasteiger partial charge in [0.2, 0.25) is 11.8 Å². The third-order valence-electron chi connectivity index (χ3n) is 4.54. The van der Waals surface area contributed by atoms with Crippen LogP contribution < -0.4 is 16.1 Å². The van der Waals surface area contributed by atoms with Crippen LogP contribution in [0.25, 0.3) is 10.9 Å². The number of aromatic nitrogens is 1. The number of halogens is 2. The van der Waals surface area contributed by atoms with Gasteiger partial charge in [-0.2, -0.15) is 0 Å². The van der Waals surface area contributed by atoms with Crippen LogP contribution in [0.2, 0.25) is 5.02 Å². The summed E-state index contributed by atoms with van der Waals surface area (Å²) in [7, 11) is 0. The molecule has 27 heavy (non-hydrogen) atoms. The van der Waals surface area contributed by atoms with Crippen molar-refractivity contribution in [1.82, 2.24) is 15.2 Å². The number of nitrogens with zero attached hydrogens (tertiary/aromatic N) is 1. The Kier molecular flexibility index (Phi) is 3.84. The van der Waals surface area contributed by atoms with E-state index in [2.05, 4.69) is 0 Å². The van der Waals surface area contributed by atoms with E-state index in [1.54, 1.807) is 4.57 Å². The van der Waals surface area contributed by atoms with Crippen molar-refractivity contribution in [1.29, 1.82) is 0 Å². The molecular weight excluding hydrogens is 381 g/mol. The molecule has 0 radical (unpaired) electrons. The number of urea groups is 1. The number of nitrogens with one attached hydrogen (secondary N) is 2. The van der Waals surface area contributed by atoms with E-state index in [-0.39, 0.29) is 16.5 Å². The molecule has 0 atom stereocenters. The maximum atomic E-state index is 13.9. The molecule has 2 N–H and O–H groups in total. The number of barbiturate groups is 1. The van der Waals surface area contributed by atoms with Gasteiger partial charge in [-0.05, 0) is 25.0 Å². The molecule has 2 fully saturated rings. The molecule has 2 heterocycles. The minimum absolute atomic E-state index is 0.00300. The van der Waals surface area contributed by atoms with Crippen LogP contribution >= 0.6 is 11.6 Å². The van der Waals surface area contributed by atoms with Crippen LogP contribution in [0.15, 0.2) is 23.1 Å². The van der Waals surface area contributed by atoms with Crippen molar-refractivity contribution in [2.75, 3.05) is 0 Å². The van der Waals surface area contributed by atoms with E-state index in [9.17, 15) is 28.4 Å². The summed E-state index contributed by atoms with van der Waals surface area (Å²) in [5.41, 5.74) is -0.890. The molecule has 4 amide bonds. The van der Waals surface area contributed by atoms with E-state index in [1.807, 2.05) is 10.6 Å². The number of carbonyl (C=O) groups is 4. The highest BCUT2D eigenvalue weighted by molar-refractivity contribution is 6.31. The van der Waals surface area contributed by atoms with Gasteiger partial charge in [0, 0.05) is 17.6 Å². The van der Waals surface area contributed by atoms with Gasteiger partial charge in [0.15, 0.2) is 17.1 Å². The lowest BCUT2D eigenvalue weighted by Crippen LogP contribution is -2.58. The first kappa shape index (κ1) is 17.3. The molecule has 0 bridgehead atoms. The highest BCUT2D eigenvalue weighted by atomic mass is 35.5. The minimum atomic E-state index is -1.88. The molecular formula is C17H11ClFN3O5. The van der Waals surface area contributed by atoms with E-state index < -0.39 is 46.4 Å². The second-order valence-electron chi connectivity index (χ2n) is 6.40. The van der Waals surface area contributed by atoms with Crippen LogP contribution in [-0.2, 0) is 9.59 Å². The summed E-state index contributed by atoms with van der Waals surface area (Å²) >= 11 is 5.82. The zero-order valence-electron chi connectivity index (χ0n) is 13.5. The Morgan fingerprint density at radius 3 is 2.33 bits per heavy atom. The van der Waals surface area contributed by atoms with Crippen molar-refractivity contribution in [3.63, 3.8) is 0 Å². The fourth-order valence-electron chi connectivity index (χ4n) is 3.09. The molecule has 1 saturated heterocycles. The lowest BCUT2D eigenvalue weighted by Gasteiger charge is -2.20. The lowest BCUT2D eigenvalue weighted by molar-refractivity contribution is -0.133. The average molecular weight is 392 g/mol. The molecule has 1 aromatic heterocycles. The normalized spacial score (nSPS) is 17.8. The Bertz CT molecular complexity index is 1100. The summed E-state index contributed by atoms with van der Waals surface area (Å²) in [5.74, 6) is -6.00. The molecule has 1 aliphatic carbocycles. The van der Waals surface area contributed by atoms with Gasteiger partial charge in [0.05, 0.1) is 16.1 Å². The van der Waals surface area contributed by atoms with Gasteiger partial charge in [0.25, 0.3) is 0 Å². The number of pyridine rings is 1. The molecule has 0 unspecified atom stereocenters. The van der Waals surface area contributed by atoms with Crippen LogP contribution in [0.1, 0.15) is 29.2 Å². The number of carbonyl (C=O) groups excluding carboxylic acids is 4. The first-order valence-electron chi connectivity index (χ1n) is 8.01. The number of hydrogen-bond donors (Lipinski definition) is 2. The van der Waals surface area contributed by atoms with Crippen LogP contribution in [0.5, 0.6) is 0 Å². The average Bonchev–Trinajstić information content (AvgIpc) is 3.41. The Hall–Kier alpha value is -3.07. The number of ketones is 1. The minimum Gasteiger partial charge on any atom is -0.343 e. The standard InChI is InChI=1S/C17H11ClFN3O5/c18-9-4-11-7(3-10(9)19)13(23)8(5-22(11)6-1-2-6)14(24)12-15(25)20-17(27)21-16(12)26/h3-6,12H,1-2H2,(H2,20,21,25,26,27). The van der Waals surface area contributed by atoms with Gasteiger partial charge in [-0.25, -0.2) is 9.18 Å². The Balaban J connectivity index is 1.90. The van der Waals surface area contributed by atoms with Crippen LogP contribution in [0.3, 0.4) is 0 Å². The molecule has 4 rings (SSSR count). The number of Topliss-reactive ketones (excluding diaryl/α,β-unsaturated/α-hetero) is 1. The quantitative estimate of drug-likeness (QED) is 0.604. The molecule has 2 aliphatic rings. The first-order valence-corrected chi connectivity index (χ1v) is 8.39. The molecule has 0 spiro atoms. The molecule has 8 nitrogen and oxygen atoms in total. The third-order valence-corrected chi connectivity index (χ3v) is 4.83. The first-order chi connectivity index (χ1) is 12.8. The fourth-order valence-corrected chi connectivity index (χ4v) is 3.24. The van der Waals surface area contributed by atoms with Crippen molar-refractivity contribution in [2.45, 2.75) is 18.9 Å². The second-order valence-corrected chi connectivity index (χ2v) is 6.81. The monoisotopic (exact) mass is 391 g/mol. The van der Waals surface area contributed by atoms with Crippen LogP contribution in [-0.4, -0.2) is 28.2 Å². The molecule has 138 valence electrons. The Labute approximate surface area is 155 Å². The number of hydrogen-bond acceptors (Lipinski definition) is 5. The maximum absolute atomic E-state index is 13.9. The summed E-state index contributed by atoms with van der Waals surface area (Å²) < 4.78 is 15.5. The molecule has 1 aliphatic heterocycles.